The van der Waals surface area contributed by atoms with Crippen LogP contribution in [0, 0.1) is 0 Å². The first-order chi connectivity index (χ1) is 27.1. The Balaban J connectivity index is 4.01. The Bertz CT molecular complexity index is 892. The molecule has 2 atom stereocenters. The van der Waals surface area contributed by atoms with Gasteiger partial charge >= 0.3 is 11.9 Å². The van der Waals surface area contributed by atoms with Gasteiger partial charge in [0.25, 0.3) is 0 Å². The van der Waals surface area contributed by atoms with E-state index in [1.54, 1.807) is 0 Å². The molecule has 0 aliphatic heterocycles. The van der Waals surface area contributed by atoms with E-state index in [1.165, 1.54) is 148 Å². The van der Waals surface area contributed by atoms with Gasteiger partial charge in [0.1, 0.15) is 13.2 Å². The van der Waals surface area contributed by atoms with E-state index in [0.717, 1.165) is 51.4 Å². The molecule has 0 amide bonds. The largest absolute Gasteiger partial charge is 0.545 e. The van der Waals surface area contributed by atoms with Gasteiger partial charge in [0.2, 0.25) is 0 Å². The van der Waals surface area contributed by atoms with Crippen LogP contribution in [0.4, 0.5) is 0 Å². The summed E-state index contributed by atoms with van der Waals surface area (Å²) in [6, 6.07) is 0. The molecule has 0 rings (SSSR count). The number of esters is 2. The summed E-state index contributed by atoms with van der Waals surface area (Å²) >= 11 is 0. The maximum absolute atomic E-state index is 12.7. The average molecular weight is 798 g/mol. The molecule has 0 spiro atoms. The van der Waals surface area contributed by atoms with Gasteiger partial charge in [-0.1, -0.05) is 200 Å². The Labute approximate surface area is 345 Å². The molecule has 0 N–H and O–H groups in total. The highest BCUT2D eigenvalue weighted by atomic mass is 16.7. The van der Waals surface area contributed by atoms with Gasteiger partial charge in [0, 0.05) is 12.8 Å². The van der Waals surface area contributed by atoms with Gasteiger partial charge < -0.3 is 33.3 Å². The van der Waals surface area contributed by atoms with Crippen molar-refractivity contribution in [2.24, 2.45) is 0 Å². The summed E-state index contributed by atoms with van der Waals surface area (Å²) < 4.78 is 22.4. The lowest BCUT2D eigenvalue weighted by Gasteiger charge is -2.26. The first-order valence-electron chi connectivity index (χ1n) is 23.7. The maximum atomic E-state index is 12.7. The minimum atomic E-state index is -1.61. The Kier molecular flexibility index (Phi) is 38.9. The quantitative estimate of drug-likeness (QED) is 0.0259. The molecule has 0 radical (unpaired) electrons. The van der Waals surface area contributed by atoms with Gasteiger partial charge in [-0.3, -0.25) is 9.59 Å². The average Bonchev–Trinajstić information content (AvgIpc) is 3.15. The second-order valence-corrected chi connectivity index (χ2v) is 17.4. The van der Waals surface area contributed by atoms with Gasteiger partial charge in [0.15, 0.2) is 12.4 Å². The van der Waals surface area contributed by atoms with Gasteiger partial charge in [0.05, 0.1) is 40.3 Å². The van der Waals surface area contributed by atoms with Crippen LogP contribution in [0.1, 0.15) is 226 Å². The predicted molar refractivity (Wildman–Crippen MR) is 228 cm³/mol. The number of hydrogen-bond acceptors (Lipinski definition) is 8. The van der Waals surface area contributed by atoms with Crippen LogP contribution in [0.3, 0.4) is 0 Å². The van der Waals surface area contributed by atoms with E-state index in [0.29, 0.717) is 17.4 Å². The highest BCUT2D eigenvalue weighted by Crippen LogP contribution is 2.17. The summed E-state index contributed by atoms with van der Waals surface area (Å²) in [6.07, 6.45) is 37.7. The molecule has 0 saturated carbocycles. The number of nitrogens with zero attached hydrogens (tertiary/aromatic N) is 1. The molecule has 0 aliphatic carbocycles. The van der Waals surface area contributed by atoms with Crippen LogP contribution >= 0.6 is 0 Å². The van der Waals surface area contributed by atoms with Crippen LogP contribution in [0.15, 0.2) is 0 Å². The third kappa shape index (κ3) is 40.5. The highest BCUT2D eigenvalue weighted by molar-refractivity contribution is 5.70. The zero-order valence-electron chi connectivity index (χ0n) is 37.5. The lowest BCUT2D eigenvalue weighted by Crippen LogP contribution is -2.44. The number of carbonyl (C=O) groups is 3. The number of carbonyl (C=O) groups excluding carboxylic acids is 3. The van der Waals surface area contributed by atoms with Gasteiger partial charge in [-0.25, -0.2) is 0 Å². The number of quaternary nitrogens is 1. The zero-order valence-corrected chi connectivity index (χ0v) is 37.5. The molecule has 9 heteroatoms. The van der Waals surface area contributed by atoms with E-state index >= 15 is 0 Å². The lowest BCUT2D eigenvalue weighted by atomic mass is 10.0. The third-order valence-corrected chi connectivity index (χ3v) is 10.6. The Morgan fingerprint density at radius 3 is 1.14 bits per heavy atom. The topological polar surface area (TPSA) is 111 Å². The van der Waals surface area contributed by atoms with Crippen LogP contribution < -0.4 is 5.11 Å². The predicted octanol–water partition coefficient (Wildman–Crippen LogP) is 11.2. The lowest BCUT2D eigenvalue weighted by molar-refractivity contribution is -0.870. The molecule has 0 aromatic rings. The Hall–Kier alpha value is -1.71. The fraction of sp³-hybridized carbons (Fsp3) is 0.936. The van der Waals surface area contributed by atoms with Crippen molar-refractivity contribution in [3.8, 4) is 0 Å². The maximum Gasteiger partial charge on any atom is 0.306 e. The number of aliphatic carboxylic acids is 1. The van der Waals surface area contributed by atoms with Crippen LogP contribution in [0.5, 0.6) is 0 Å². The monoisotopic (exact) mass is 798 g/mol. The number of unbranched alkanes of at least 4 members (excludes halogenated alkanes) is 29. The van der Waals surface area contributed by atoms with E-state index in [-0.39, 0.29) is 32.2 Å². The van der Waals surface area contributed by atoms with Crippen molar-refractivity contribution in [1.29, 1.82) is 0 Å². The molecular weight excluding hydrogens is 707 g/mol. The molecule has 0 aromatic heterocycles. The highest BCUT2D eigenvalue weighted by Gasteiger charge is 2.21. The number of likely N-dealkylation sites (N-methyl/N-ethyl adjacent to an activating group) is 1. The van der Waals surface area contributed by atoms with Crippen molar-refractivity contribution in [3.05, 3.63) is 0 Å². The van der Waals surface area contributed by atoms with Crippen molar-refractivity contribution in [1.82, 2.24) is 0 Å². The molecule has 332 valence electrons. The van der Waals surface area contributed by atoms with Crippen LogP contribution in [0.2, 0.25) is 0 Å². The summed E-state index contributed by atoms with van der Waals surface area (Å²) in [6.45, 7) is 4.68. The number of carboxylic acid groups (broad SMARTS) is 1. The van der Waals surface area contributed by atoms with Gasteiger partial charge in [-0.2, -0.15) is 0 Å². The van der Waals surface area contributed by atoms with Crippen LogP contribution in [-0.4, -0.2) is 82.3 Å². The third-order valence-electron chi connectivity index (χ3n) is 10.6. The molecule has 0 bridgehead atoms. The molecule has 0 aliphatic rings. The first kappa shape index (κ1) is 54.3. The molecule has 0 fully saturated rings. The molecule has 2 unspecified atom stereocenters. The van der Waals surface area contributed by atoms with Crippen molar-refractivity contribution in [3.63, 3.8) is 0 Å². The Morgan fingerprint density at radius 1 is 0.464 bits per heavy atom. The Morgan fingerprint density at radius 2 is 0.804 bits per heavy atom. The zero-order chi connectivity index (χ0) is 41.4. The van der Waals surface area contributed by atoms with E-state index in [9.17, 15) is 19.5 Å². The summed E-state index contributed by atoms with van der Waals surface area (Å²) in [5, 5.41) is 11.6. The van der Waals surface area contributed by atoms with Crippen LogP contribution in [-0.2, 0) is 33.3 Å². The normalized spacial score (nSPS) is 12.8. The van der Waals surface area contributed by atoms with Crippen LogP contribution in [0.25, 0.3) is 0 Å². The fourth-order valence-corrected chi connectivity index (χ4v) is 6.89. The second-order valence-electron chi connectivity index (χ2n) is 17.4. The number of carboxylic acids is 1. The smallest absolute Gasteiger partial charge is 0.306 e. The second kappa shape index (κ2) is 40.1. The fourth-order valence-electron chi connectivity index (χ4n) is 6.89. The molecule has 56 heavy (non-hydrogen) atoms. The van der Waals surface area contributed by atoms with E-state index in [4.69, 9.17) is 18.9 Å². The molecule has 0 saturated heterocycles. The van der Waals surface area contributed by atoms with Crippen molar-refractivity contribution in [2.75, 3.05) is 47.5 Å². The summed E-state index contributed by atoms with van der Waals surface area (Å²) in [5.74, 6) is -2.28. The number of hydrogen-bond donors (Lipinski definition) is 0. The summed E-state index contributed by atoms with van der Waals surface area (Å²) in [4.78, 5) is 36.6. The van der Waals surface area contributed by atoms with Crippen molar-refractivity contribution >= 4 is 17.9 Å². The summed E-state index contributed by atoms with van der Waals surface area (Å²) in [5.41, 5.74) is 0. The minimum absolute atomic E-state index is 0.152. The number of ether oxygens (including phenoxy) is 4. The van der Waals surface area contributed by atoms with E-state index in [2.05, 4.69) is 13.8 Å². The van der Waals surface area contributed by atoms with E-state index in [1.807, 2.05) is 21.1 Å². The summed E-state index contributed by atoms with van der Waals surface area (Å²) in [7, 11) is 5.90. The minimum Gasteiger partial charge on any atom is -0.545 e. The van der Waals surface area contributed by atoms with E-state index < -0.39 is 24.3 Å². The molecule has 0 heterocycles. The van der Waals surface area contributed by atoms with Crippen molar-refractivity contribution < 1.29 is 42.9 Å². The standard InChI is InChI=1S/C47H91NO8/c1-6-8-10-12-13-14-15-16-17-18-19-20-21-22-23-24-25-26-27-28-29-30-31-32-34-36-38-45(50)56-43(41-54-44(49)37-35-33-11-9-7-2)42-55-47(46(51)52)53-40-39-48(3,4)5/h43,47H,6-42H2,1-5H3. The SMILES string of the molecule is CCCCCCCCCCCCCCCCCCCCCCCCCCCCC(=O)OC(COC(=O)CCCCCCC)COC(OCC[N+](C)(C)C)C(=O)[O-]. The van der Waals surface area contributed by atoms with Gasteiger partial charge in [-0.15, -0.1) is 0 Å². The molecular formula is C47H91NO8. The first-order valence-corrected chi connectivity index (χ1v) is 23.7. The molecule has 9 nitrogen and oxygen atoms in total. The van der Waals surface area contributed by atoms with Crippen molar-refractivity contribution in [2.45, 2.75) is 238 Å². The molecule has 0 aromatic carbocycles. The van der Waals surface area contributed by atoms with Gasteiger partial charge in [-0.05, 0) is 12.8 Å². The number of rotatable bonds is 44.